The van der Waals surface area contributed by atoms with Crippen LogP contribution >= 0.6 is 11.6 Å². The smallest absolute Gasteiger partial charge is 0.320 e. The molecular formula is C14H18ClNO3. The van der Waals surface area contributed by atoms with E-state index in [9.17, 15) is 9.90 Å². The number of methoxy groups -OCH3 is 1. The third kappa shape index (κ3) is 3.01. The topological polar surface area (TPSA) is 49.8 Å². The van der Waals surface area contributed by atoms with Gasteiger partial charge in [-0.05, 0) is 44.0 Å². The minimum Gasteiger partial charge on any atom is -0.496 e. The van der Waals surface area contributed by atoms with Crippen molar-refractivity contribution in [2.45, 2.75) is 32.4 Å². The van der Waals surface area contributed by atoms with Crippen molar-refractivity contribution in [3.05, 3.63) is 28.3 Å². The van der Waals surface area contributed by atoms with E-state index < -0.39 is 12.0 Å². The third-order valence-electron chi connectivity index (χ3n) is 3.58. The molecule has 1 fully saturated rings. The Hall–Kier alpha value is -1.26. The van der Waals surface area contributed by atoms with Gasteiger partial charge in [-0.1, -0.05) is 11.6 Å². The largest absolute Gasteiger partial charge is 0.496 e. The van der Waals surface area contributed by atoms with Crippen LogP contribution in [0.25, 0.3) is 0 Å². The minimum atomic E-state index is -0.755. The second kappa shape index (κ2) is 5.80. The highest BCUT2D eigenvalue weighted by molar-refractivity contribution is 6.31. The number of halogens is 1. The van der Waals surface area contributed by atoms with Gasteiger partial charge in [0.1, 0.15) is 11.8 Å². The quantitative estimate of drug-likeness (QED) is 0.923. The second-order valence-corrected chi connectivity index (χ2v) is 5.29. The first kappa shape index (κ1) is 14.2. The molecule has 0 radical (unpaired) electrons. The van der Waals surface area contributed by atoms with Gasteiger partial charge in [0.25, 0.3) is 0 Å². The first-order valence-corrected chi connectivity index (χ1v) is 6.70. The van der Waals surface area contributed by atoms with E-state index in [0.29, 0.717) is 18.0 Å². The fourth-order valence-electron chi connectivity index (χ4n) is 2.52. The zero-order valence-electron chi connectivity index (χ0n) is 11.1. The van der Waals surface area contributed by atoms with Crippen molar-refractivity contribution in [1.29, 1.82) is 0 Å². The van der Waals surface area contributed by atoms with Gasteiger partial charge in [0.15, 0.2) is 0 Å². The summed E-state index contributed by atoms with van der Waals surface area (Å²) in [5.41, 5.74) is 1.89. The predicted molar refractivity (Wildman–Crippen MR) is 73.8 cm³/mol. The number of carboxylic acid groups (broad SMARTS) is 1. The number of benzene rings is 1. The number of hydrogen-bond donors (Lipinski definition) is 1. The molecule has 0 bridgehead atoms. The van der Waals surface area contributed by atoms with Gasteiger partial charge in [-0.25, -0.2) is 0 Å². The Morgan fingerprint density at radius 1 is 1.58 bits per heavy atom. The molecule has 4 nitrogen and oxygen atoms in total. The Labute approximate surface area is 117 Å². The number of aryl methyl sites for hydroxylation is 1. The number of nitrogens with zero attached hydrogens (tertiary/aromatic N) is 1. The second-order valence-electron chi connectivity index (χ2n) is 4.88. The molecule has 1 atom stereocenters. The molecule has 19 heavy (non-hydrogen) atoms. The average Bonchev–Trinajstić information content (AvgIpc) is 2.81. The van der Waals surface area contributed by atoms with Gasteiger partial charge in [0.05, 0.1) is 7.11 Å². The van der Waals surface area contributed by atoms with E-state index in [-0.39, 0.29) is 0 Å². The summed E-state index contributed by atoms with van der Waals surface area (Å²) in [6.07, 6.45) is 1.62. The van der Waals surface area contributed by atoms with Crippen molar-refractivity contribution in [3.63, 3.8) is 0 Å². The zero-order valence-corrected chi connectivity index (χ0v) is 11.9. The van der Waals surface area contributed by atoms with Gasteiger partial charge in [-0.15, -0.1) is 0 Å². The molecular weight excluding hydrogens is 266 g/mol. The number of hydrogen-bond acceptors (Lipinski definition) is 3. The van der Waals surface area contributed by atoms with E-state index >= 15 is 0 Å². The number of aliphatic carboxylic acids is 1. The number of likely N-dealkylation sites (tertiary alicyclic amines) is 1. The van der Waals surface area contributed by atoms with Crippen molar-refractivity contribution in [2.24, 2.45) is 0 Å². The van der Waals surface area contributed by atoms with Crippen LogP contribution in [0.5, 0.6) is 5.75 Å². The molecule has 0 aromatic heterocycles. The van der Waals surface area contributed by atoms with Crippen molar-refractivity contribution in [3.8, 4) is 5.75 Å². The molecule has 104 valence electrons. The molecule has 0 amide bonds. The summed E-state index contributed by atoms with van der Waals surface area (Å²) < 4.78 is 5.35. The van der Waals surface area contributed by atoms with Gasteiger partial charge in [0, 0.05) is 17.1 Å². The molecule has 1 aromatic rings. The standard InChI is InChI=1S/C14H18ClNO3/c1-9-6-13(19-2)10(7-11(9)15)8-16-5-3-4-12(16)14(17)18/h6-7,12H,3-5,8H2,1-2H3,(H,17,18). The molecule has 5 heteroatoms. The normalized spacial score (nSPS) is 19.6. The van der Waals surface area contributed by atoms with E-state index in [1.54, 1.807) is 7.11 Å². The van der Waals surface area contributed by atoms with Crippen LogP contribution in [0.3, 0.4) is 0 Å². The van der Waals surface area contributed by atoms with Gasteiger partial charge < -0.3 is 9.84 Å². The van der Waals surface area contributed by atoms with Crippen LogP contribution in [0.15, 0.2) is 12.1 Å². The van der Waals surface area contributed by atoms with Crippen LogP contribution < -0.4 is 4.74 Å². The van der Waals surface area contributed by atoms with Gasteiger partial charge in [-0.3, -0.25) is 9.69 Å². The molecule has 2 rings (SSSR count). The Kier molecular flexibility index (Phi) is 4.32. The fraction of sp³-hybridized carbons (Fsp3) is 0.500. The Morgan fingerprint density at radius 3 is 2.95 bits per heavy atom. The van der Waals surface area contributed by atoms with Crippen LogP contribution in [0, 0.1) is 6.92 Å². The summed E-state index contributed by atoms with van der Waals surface area (Å²) in [7, 11) is 1.62. The maximum Gasteiger partial charge on any atom is 0.320 e. The summed E-state index contributed by atoms with van der Waals surface area (Å²) in [6.45, 7) is 3.27. The van der Waals surface area contributed by atoms with Gasteiger partial charge >= 0.3 is 5.97 Å². The number of carbonyl (C=O) groups is 1. The molecule has 1 aliphatic heterocycles. The van der Waals surface area contributed by atoms with Crippen LogP contribution in [0.4, 0.5) is 0 Å². The van der Waals surface area contributed by atoms with E-state index in [0.717, 1.165) is 29.8 Å². The maximum absolute atomic E-state index is 11.2. The van der Waals surface area contributed by atoms with E-state index in [1.165, 1.54) is 0 Å². The highest BCUT2D eigenvalue weighted by Gasteiger charge is 2.30. The van der Waals surface area contributed by atoms with Crippen molar-refractivity contribution >= 4 is 17.6 Å². The van der Waals surface area contributed by atoms with Crippen LogP contribution in [-0.2, 0) is 11.3 Å². The molecule has 0 spiro atoms. The SMILES string of the molecule is COc1cc(C)c(Cl)cc1CN1CCCC1C(=O)O. The summed E-state index contributed by atoms with van der Waals surface area (Å²) >= 11 is 6.14. The average molecular weight is 284 g/mol. The van der Waals surface area contributed by atoms with E-state index in [2.05, 4.69) is 0 Å². The van der Waals surface area contributed by atoms with Gasteiger partial charge in [-0.2, -0.15) is 0 Å². The number of carboxylic acids is 1. The minimum absolute atomic E-state index is 0.398. The lowest BCUT2D eigenvalue weighted by Gasteiger charge is -2.22. The van der Waals surface area contributed by atoms with Gasteiger partial charge in [0.2, 0.25) is 0 Å². The molecule has 0 aliphatic carbocycles. The molecule has 1 saturated heterocycles. The van der Waals surface area contributed by atoms with E-state index in [1.807, 2.05) is 24.0 Å². The Bertz CT molecular complexity index is 490. The monoisotopic (exact) mass is 283 g/mol. The fourth-order valence-corrected chi connectivity index (χ4v) is 2.71. The van der Waals surface area contributed by atoms with E-state index in [4.69, 9.17) is 16.3 Å². The summed E-state index contributed by atoms with van der Waals surface area (Å²) in [5, 5.41) is 9.87. The summed E-state index contributed by atoms with van der Waals surface area (Å²) in [6, 6.07) is 3.36. The van der Waals surface area contributed by atoms with Crippen LogP contribution in [0.1, 0.15) is 24.0 Å². The summed E-state index contributed by atoms with van der Waals surface area (Å²) in [5.74, 6) is 0.00705. The lowest BCUT2D eigenvalue weighted by Crippen LogP contribution is -2.35. The Morgan fingerprint density at radius 2 is 2.32 bits per heavy atom. The lowest BCUT2D eigenvalue weighted by molar-refractivity contribution is -0.142. The number of rotatable bonds is 4. The lowest BCUT2D eigenvalue weighted by atomic mass is 10.1. The van der Waals surface area contributed by atoms with Crippen molar-refractivity contribution in [1.82, 2.24) is 4.90 Å². The van der Waals surface area contributed by atoms with Crippen LogP contribution in [0.2, 0.25) is 5.02 Å². The molecule has 1 N–H and O–H groups in total. The highest BCUT2D eigenvalue weighted by Crippen LogP contribution is 2.29. The highest BCUT2D eigenvalue weighted by atomic mass is 35.5. The number of ether oxygens (including phenoxy) is 1. The summed E-state index contributed by atoms with van der Waals surface area (Å²) in [4.78, 5) is 13.1. The maximum atomic E-state index is 11.2. The third-order valence-corrected chi connectivity index (χ3v) is 3.99. The van der Waals surface area contributed by atoms with Crippen molar-refractivity contribution < 1.29 is 14.6 Å². The first-order valence-electron chi connectivity index (χ1n) is 6.32. The van der Waals surface area contributed by atoms with Crippen molar-refractivity contribution in [2.75, 3.05) is 13.7 Å². The Balaban J connectivity index is 2.23. The molecule has 1 heterocycles. The molecule has 1 unspecified atom stereocenters. The molecule has 0 saturated carbocycles. The predicted octanol–water partition coefficient (Wildman–Crippen LogP) is 2.71. The van der Waals surface area contributed by atoms with Crippen LogP contribution in [-0.4, -0.2) is 35.7 Å². The first-order chi connectivity index (χ1) is 9.02. The molecule has 1 aromatic carbocycles. The zero-order chi connectivity index (χ0) is 14.0. The molecule has 1 aliphatic rings.